The molecule has 22 heavy (non-hydrogen) atoms. The van der Waals surface area contributed by atoms with E-state index in [-0.39, 0.29) is 0 Å². The molecule has 120 valence electrons. The van der Waals surface area contributed by atoms with Gasteiger partial charge in [0, 0.05) is 19.6 Å². The minimum atomic E-state index is 0.537. The fourth-order valence-corrected chi connectivity index (χ4v) is 3.20. The number of hydrogen-bond donors (Lipinski definition) is 2. The molecule has 1 aromatic rings. The van der Waals surface area contributed by atoms with Crippen LogP contribution in [0.2, 0.25) is 5.02 Å². The minimum absolute atomic E-state index is 0.537. The van der Waals surface area contributed by atoms with Crippen LogP contribution < -0.4 is 20.1 Å². The van der Waals surface area contributed by atoms with Gasteiger partial charge in [0.15, 0.2) is 17.5 Å². The topological polar surface area (TPSA) is 54.9 Å². The summed E-state index contributed by atoms with van der Waals surface area (Å²) in [6.45, 7) is 1.75. The lowest BCUT2D eigenvalue weighted by Crippen LogP contribution is -2.41. The third-order valence-corrected chi connectivity index (χ3v) is 4.32. The van der Waals surface area contributed by atoms with Gasteiger partial charge in [-0.3, -0.25) is 4.99 Å². The van der Waals surface area contributed by atoms with E-state index in [2.05, 4.69) is 15.6 Å². The van der Waals surface area contributed by atoms with Crippen LogP contribution in [0.1, 0.15) is 31.2 Å². The van der Waals surface area contributed by atoms with E-state index in [4.69, 9.17) is 21.1 Å². The number of aliphatic imine (C=N–C) groups is 1. The Morgan fingerprint density at radius 3 is 2.82 bits per heavy atom. The van der Waals surface area contributed by atoms with Crippen molar-refractivity contribution in [3.63, 3.8) is 0 Å². The molecule has 0 bridgehead atoms. The van der Waals surface area contributed by atoms with Crippen LogP contribution >= 0.6 is 11.6 Å². The molecule has 1 heterocycles. The molecule has 0 radical (unpaired) electrons. The largest absolute Gasteiger partial charge is 0.486 e. The summed E-state index contributed by atoms with van der Waals surface area (Å²) in [6, 6.07) is 4.41. The van der Waals surface area contributed by atoms with Crippen LogP contribution in [0.5, 0.6) is 11.5 Å². The number of nitrogens with one attached hydrogen (secondary N) is 2. The molecule has 1 aromatic carbocycles. The first-order chi connectivity index (χ1) is 10.8. The molecule has 2 N–H and O–H groups in total. The molecule has 1 fully saturated rings. The Balaban J connectivity index is 1.61. The molecule has 3 rings (SSSR count). The summed E-state index contributed by atoms with van der Waals surface area (Å²) in [6.07, 6.45) is 5.03. The van der Waals surface area contributed by atoms with E-state index in [1.165, 1.54) is 25.7 Å². The molecule has 0 unspecified atom stereocenters. The fraction of sp³-hybridized carbons (Fsp3) is 0.562. The van der Waals surface area contributed by atoms with Crippen LogP contribution in [-0.4, -0.2) is 32.3 Å². The van der Waals surface area contributed by atoms with Gasteiger partial charge in [-0.25, -0.2) is 0 Å². The lowest BCUT2D eigenvalue weighted by Gasteiger charge is -2.21. The first-order valence-electron chi connectivity index (χ1n) is 7.81. The highest BCUT2D eigenvalue weighted by atomic mass is 35.5. The Bertz CT molecular complexity index is 557. The maximum atomic E-state index is 6.26. The molecule has 2 aliphatic rings. The van der Waals surface area contributed by atoms with Crippen LogP contribution in [0.4, 0.5) is 0 Å². The number of halogens is 1. The predicted octanol–water partition coefficient (Wildman–Crippen LogP) is 2.72. The van der Waals surface area contributed by atoms with Crippen molar-refractivity contribution in [3.8, 4) is 11.5 Å². The molecule has 1 aliphatic carbocycles. The maximum Gasteiger partial charge on any atom is 0.191 e. The Morgan fingerprint density at radius 1 is 1.27 bits per heavy atom. The quantitative estimate of drug-likeness (QED) is 0.663. The highest BCUT2D eigenvalue weighted by Crippen LogP contribution is 2.38. The van der Waals surface area contributed by atoms with E-state index in [9.17, 15) is 0 Å². The Morgan fingerprint density at radius 2 is 2.05 bits per heavy atom. The van der Waals surface area contributed by atoms with Crippen LogP contribution in [0.3, 0.4) is 0 Å². The lowest BCUT2D eigenvalue weighted by atomic mass is 10.2. The molecule has 0 spiro atoms. The molecule has 0 saturated heterocycles. The van der Waals surface area contributed by atoms with Gasteiger partial charge in [0.1, 0.15) is 13.2 Å². The molecule has 0 aromatic heterocycles. The number of rotatable bonds is 3. The van der Waals surface area contributed by atoms with Crippen molar-refractivity contribution < 1.29 is 9.47 Å². The van der Waals surface area contributed by atoms with Crippen LogP contribution in [0, 0.1) is 0 Å². The average molecular weight is 324 g/mol. The first-order valence-corrected chi connectivity index (χ1v) is 8.19. The van der Waals surface area contributed by atoms with Crippen molar-refractivity contribution in [3.05, 3.63) is 22.7 Å². The molecule has 5 nitrogen and oxygen atoms in total. The van der Waals surface area contributed by atoms with E-state index < -0.39 is 0 Å². The Labute approximate surface area is 136 Å². The van der Waals surface area contributed by atoms with Gasteiger partial charge in [-0.05, 0) is 30.5 Å². The Kier molecular flexibility index (Phi) is 4.93. The smallest absolute Gasteiger partial charge is 0.191 e. The predicted molar refractivity (Wildman–Crippen MR) is 88.0 cm³/mol. The van der Waals surface area contributed by atoms with Gasteiger partial charge in [0.25, 0.3) is 0 Å². The van der Waals surface area contributed by atoms with Crippen LogP contribution in [0.15, 0.2) is 17.1 Å². The van der Waals surface area contributed by atoms with Crippen molar-refractivity contribution in [2.75, 3.05) is 20.3 Å². The number of fused-ring (bicyclic) bond motifs is 1. The highest BCUT2D eigenvalue weighted by Gasteiger charge is 2.18. The second-order valence-electron chi connectivity index (χ2n) is 5.65. The van der Waals surface area contributed by atoms with Crippen molar-refractivity contribution in [2.24, 2.45) is 4.99 Å². The van der Waals surface area contributed by atoms with Gasteiger partial charge in [0.05, 0.1) is 5.02 Å². The number of nitrogens with zero attached hydrogens (tertiary/aromatic N) is 1. The summed E-state index contributed by atoms with van der Waals surface area (Å²) in [5.74, 6) is 2.19. The second-order valence-corrected chi connectivity index (χ2v) is 6.06. The van der Waals surface area contributed by atoms with E-state index >= 15 is 0 Å². The number of benzene rings is 1. The molecular formula is C16H22ClN3O2. The second kappa shape index (κ2) is 7.09. The van der Waals surface area contributed by atoms with Crippen LogP contribution in [-0.2, 0) is 6.54 Å². The lowest BCUT2D eigenvalue weighted by molar-refractivity contribution is 0.171. The zero-order valence-electron chi connectivity index (χ0n) is 12.8. The third-order valence-electron chi connectivity index (χ3n) is 4.04. The van der Waals surface area contributed by atoms with Gasteiger partial charge in [-0.1, -0.05) is 24.4 Å². The van der Waals surface area contributed by atoms with E-state index in [0.29, 0.717) is 42.3 Å². The summed E-state index contributed by atoms with van der Waals surface area (Å²) in [5, 5.41) is 7.38. The minimum Gasteiger partial charge on any atom is -0.486 e. The van der Waals surface area contributed by atoms with Gasteiger partial charge < -0.3 is 20.1 Å². The van der Waals surface area contributed by atoms with Gasteiger partial charge in [-0.2, -0.15) is 0 Å². The monoisotopic (exact) mass is 323 g/mol. The average Bonchev–Trinajstić information content (AvgIpc) is 3.04. The van der Waals surface area contributed by atoms with Crippen LogP contribution in [0.25, 0.3) is 0 Å². The van der Waals surface area contributed by atoms with Crippen molar-refractivity contribution in [1.29, 1.82) is 0 Å². The molecule has 6 heteroatoms. The molecule has 1 saturated carbocycles. The third kappa shape index (κ3) is 3.58. The van der Waals surface area contributed by atoms with Gasteiger partial charge in [-0.15, -0.1) is 0 Å². The van der Waals surface area contributed by atoms with E-state index in [1.54, 1.807) is 7.05 Å². The molecule has 0 amide bonds. The van der Waals surface area contributed by atoms with Crippen molar-refractivity contribution in [1.82, 2.24) is 10.6 Å². The standard InChI is InChI=1S/C16H22ClN3O2/c1-18-16(20-12-4-2-3-5-12)19-10-11-8-13(17)15-14(9-11)21-6-7-22-15/h8-9,12H,2-7,10H2,1H3,(H2,18,19,20). The maximum absolute atomic E-state index is 6.26. The summed E-state index contributed by atoms with van der Waals surface area (Å²) in [5.41, 5.74) is 1.05. The van der Waals surface area contributed by atoms with Gasteiger partial charge in [0.2, 0.25) is 0 Å². The number of ether oxygens (including phenoxy) is 2. The summed E-state index contributed by atoms with van der Waals surface area (Å²) in [4.78, 5) is 4.28. The SMILES string of the molecule is CN=C(NCc1cc(Cl)c2c(c1)OCCO2)NC1CCCC1. The van der Waals surface area contributed by atoms with E-state index in [0.717, 1.165) is 11.5 Å². The Hall–Kier alpha value is -1.62. The zero-order valence-corrected chi connectivity index (χ0v) is 13.6. The first kappa shape index (κ1) is 15.3. The molecule has 1 aliphatic heterocycles. The highest BCUT2D eigenvalue weighted by molar-refractivity contribution is 6.32. The summed E-state index contributed by atoms with van der Waals surface area (Å²) < 4.78 is 11.1. The van der Waals surface area contributed by atoms with Crippen molar-refractivity contribution >= 4 is 17.6 Å². The van der Waals surface area contributed by atoms with Crippen molar-refractivity contribution in [2.45, 2.75) is 38.3 Å². The summed E-state index contributed by atoms with van der Waals surface area (Å²) >= 11 is 6.26. The fourth-order valence-electron chi connectivity index (χ4n) is 2.91. The van der Waals surface area contributed by atoms with E-state index in [1.807, 2.05) is 12.1 Å². The molecule has 0 atom stereocenters. The molecular weight excluding hydrogens is 302 g/mol. The zero-order chi connectivity index (χ0) is 15.4. The van der Waals surface area contributed by atoms with Gasteiger partial charge >= 0.3 is 0 Å². The number of hydrogen-bond acceptors (Lipinski definition) is 3. The summed E-state index contributed by atoms with van der Waals surface area (Å²) in [7, 11) is 1.79. The normalized spacial score (nSPS) is 18.4. The number of guanidine groups is 1.